The Bertz CT molecular complexity index is 451. The molecule has 3 nitrogen and oxygen atoms in total. The Hall–Kier alpha value is -0.550. The summed E-state index contributed by atoms with van der Waals surface area (Å²) in [5.74, 6) is 2.36. The van der Waals surface area contributed by atoms with Crippen molar-refractivity contribution in [2.75, 3.05) is 46.0 Å². The number of nitrogens with zero attached hydrogens (tertiary/aromatic N) is 2. The Morgan fingerprint density at radius 1 is 1.25 bits per heavy atom. The number of hydrogen-bond acceptors (Lipinski definition) is 4. The molecule has 1 aromatic rings. The van der Waals surface area contributed by atoms with E-state index < -0.39 is 0 Å². The summed E-state index contributed by atoms with van der Waals surface area (Å²) in [6, 6.07) is 10.0. The van der Waals surface area contributed by atoms with Crippen LogP contribution in [0.4, 0.5) is 0 Å². The van der Waals surface area contributed by atoms with Crippen LogP contribution in [0.2, 0.25) is 0 Å². The number of nitrogens with one attached hydrogen (secondary N) is 1. The first-order valence-electron chi connectivity index (χ1n) is 7.52. The van der Waals surface area contributed by atoms with Crippen LogP contribution in [0.1, 0.15) is 17.2 Å². The molecular weight excluding hydrogens is 266 g/mol. The highest BCUT2D eigenvalue weighted by Gasteiger charge is 2.25. The van der Waals surface area contributed by atoms with Gasteiger partial charge in [-0.15, -0.1) is 0 Å². The zero-order chi connectivity index (χ0) is 13.9. The van der Waals surface area contributed by atoms with Gasteiger partial charge >= 0.3 is 0 Å². The highest BCUT2D eigenvalue weighted by Crippen LogP contribution is 2.31. The molecule has 0 aromatic heterocycles. The third-order valence-electron chi connectivity index (χ3n) is 4.55. The van der Waals surface area contributed by atoms with Gasteiger partial charge in [0.05, 0.1) is 0 Å². The van der Waals surface area contributed by atoms with Crippen molar-refractivity contribution in [2.24, 2.45) is 0 Å². The second-order valence-corrected chi connectivity index (χ2v) is 7.10. The van der Waals surface area contributed by atoms with E-state index in [-0.39, 0.29) is 0 Å². The predicted molar refractivity (Wildman–Crippen MR) is 87.3 cm³/mol. The molecule has 110 valence electrons. The molecule has 1 saturated heterocycles. The van der Waals surface area contributed by atoms with Gasteiger partial charge < -0.3 is 10.2 Å². The summed E-state index contributed by atoms with van der Waals surface area (Å²) >= 11 is 2.05. The van der Waals surface area contributed by atoms with Crippen molar-refractivity contribution in [3.63, 3.8) is 0 Å². The molecule has 1 fully saturated rings. The second-order valence-electron chi connectivity index (χ2n) is 6.07. The summed E-state index contributed by atoms with van der Waals surface area (Å²) in [5, 5.41) is 3.81. The Kier molecular flexibility index (Phi) is 4.66. The van der Waals surface area contributed by atoms with Gasteiger partial charge in [-0.1, -0.05) is 24.3 Å². The standard InChI is InChI=1S/C16H25N3S/c1-18-7-8-19(2)14(10-18)9-17-16-12-20-11-13-5-3-4-6-15(13)16/h3-6,14,16-17H,7-12H2,1-2H3. The summed E-state index contributed by atoms with van der Waals surface area (Å²) in [4.78, 5) is 4.94. The van der Waals surface area contributed by atoms with Crippen LogP contribution in [0.15, 0.2) is 24.3 Å². The fourth-order valence-electron chi connectivity index (χ4n) is 3.15. The van der Waals surface area contributed by atoms with Crippen LogP contribution in [-0.2, 0) is 5.75 Å². The molecule has 0 aliphatic carbocycles. The van der Waals surface area contributed by atoms with Crippen molar-refractivity contribution in [2.45, 2.75) is 17.8 Å². The number of piperazine rings is 1. The molecule has 0 bridgehead atoms. The quantitative estimate of drug-likeness (QED) is 0.915. The number of likely N-dealkylation sites (N-methyl/N-ethyl adjacent to an activating group) is 2. The van der Waals surface area contributed by atoms with Crippen molar-refractivity contribution in [3.05, 3.63) is 35.4 Å². The average Bonchev–Trinajstić information content (AvgIpc) is 2.48. The van der Waals surface area contributed by atoms with Gasteiger partial charge in [0.25, 0.3) is 0 Å². The van der Waals surface area contributed by atoms with Gasteiger partial charge in [0.15, 0.2) is 0 Å². The molecule has 2 heterocycles. The van der Waals surface area contributed by atoms with E-state index in [4.69, 9.17) is 0 Å². The van der Waals surface area contributed by atoms with Gasteiger partial charge in [0, 0.05) is 49.8 Å². The Morgan fingerprint density at radius 3 is 3.00 bits per heavy atom. The summed E-state index contributed by atoms with van der Waals surface area (Å²) in [5.41, 5.74) is 3.02. The van der Waals surface area contributed by atoms with Crippen molar-refractivity contribution >= 4 is 11.8 Å². The van der Waals surface area contributed by atoms with E-state index >= 15 is 0 Å². The van der Waals surface area contributed by atoms with Gasteiger partial charge in [-0.2, -0.15) is 11.8 Å². The lowest BCUT2D eigenvalue weighted by Gasteiger charge is -2.39. The van der Waals surface area contributed by atoms with E-state index in [1.165, 1.54) is 42.3 Å². The highest BCUT2D eigenvalue weighted by atomic mass is 32.2. The summed E-state index contributed by atoms with van der Waals surface area (Å²) in [6.45, 7) is 4.62. The normalized spacial score (nSPS) is 28.3. The summed E-state index contributed by atoms with van der Waals surface area (Å²) in [6.07, 6.45) is 0. The van der Waals surface area contributed by atoms with Crippen LogP contribution >= 0.6 is 11.8 Å². The average molecular weight is 291 g/mol. The molecule has 0 spiro atoms. The number of thioether (sulfide) groups is 1. The van der Waals surface area contributed by atoms with Crippen LogP contribution in [0.5, 0.6) is 0 Å². The molecule has 0 amide bonds. The zero-order valence-electron chi connectivity index (χ0n) is 12.5. The molecule has 20 heavy (non-hydrogen) atoms. The van der Waals surface area contributed by atoms with Crippen LogP contribution in [0.25, 0.3) is 0 Å². The minimum Gasteiger partial charge on any atom is -0.308 e. The number of rotatable bonds is 3. The SMILES string of the molecule is CN1CCN(C)C(CNC2CSCc3ccccc32)C1. The second kappa shape index (κ2) is 6.48. The van der Waals surface area contributed by atoms with E-state index in [1.54, 1.807) is 0 Å². The lowest BCUT2D eigenvalue weighted by Crippen LogP contribution is -2.54. The Balaban J connectivity index is 1.61. The number of hydrogen-bond donors (Lipinski definition) is 1. The van der Waals surface area contributed by atoms with Crippen LogP contribution < -0.4 is 5.32 Å². The van der Waals surface area contributed by atoms with E-state index in [0.29, 0.717) is 12.1 Å². The largest absolute Gasteiger partial charge is 0.308 e. The minimum atomic E-state index is 0.519. The smallest absolute Gasteiger partial charge is 0.0415 e. The van der Waals surface area contributed by atoms with Crippen LogP contribution in [0, 0.1) is 0 Å². The van der Waals surface area contributed by atoms with Gasteiger partial charge in [-0.3, -0.25) is 4.90 Å². The summed E-state index contributed by atoms with van der Waals surface area (Å²) in [7, 11) is 4.48. The maximum atomic E-state index is 3.81. The topological polar surface area (TPSA) is 18.5 Å². The number of benzene rings is 1. The molecule has 0 saturated carbocycles. The summed E-state index contributed by atoms with van der Waals surface area (Å²) < 4.78 is 0. The van der Waals surface area contributed by atoms with Gasteiger partial charge in [-0.05, 0) is 25.2 Å². The third-order valence-corrected chi connectivity index (χ3v) is 5.64. The van der Waals surface area contributed by atoms with Crippen molar-refractivity contribution in [1.29, 1.82) is 0 Å². The fraction of sp³-hybridized carbons (Fsp3) is 0.625. The maximum absolute atomic E-state index is 3.81. The monoisotopic (exact) mass is 291 g/mol. The molecule has 2 atom stereocenters. The predicted octanol–water partition coefficient (Wildman–Crippen LogP) is 1.81. The Labute approximate surface area is 126 Å². The molecule has 1 N–H and O–H groups in total. The van der Waals surface area contributed by atoms with Crippen LogP contribution in [-0.4, -0.2) is 61.9 Å². The van der Waals surface area contributed by atoms with Crippen molar-refractivity contribution < 1.29 is 0 Å². The van der Waals surface area contributed by atoms with Crippen LogP contribution in [0.3, 0.4) is 0 Å². The van der Waals surface area contributed by atoms with E-state index in [9.17, 15) is 0 Å². The first-order valence-corrected chi connectivity index (χ1v) is 8.67. The lowest BCUT2D eigenvalue weighted by atomic mass is 10.0. The van der Waals surface area contributed by atoms with Gasteiger partial charge in [0.2, 0.25) is 0 Å². The lowest BCUT2D eigenvalue weighted by molar-refractivity contribution is 0.112. The molecule has 4 heteroatoms. The van der Waals surface area contributed by atoms with Crippen molar-refractivity contribution in [1.82, 2.24) is 15.1 Å². The third kappa shape index (κ3) is 3.19. The first-order chi connectivity index (χ1) is 9.74. The van der Waals surface area contributed by atoms with E-state index in [0.717, 1.165) is 6.54 Å². The zero-order valence-corrected chi connectivity index (χ0v) is 13.3. The highest BCUT2D eigenvalue weighted by molar-refractivity contribution is 7.98. The Morgan fingerprint density at radius 2 is 2.10 bits per heavy atom. The molecule has 0 radical (unpaired) electrons. The fourth-order valence-corrected chi connectivity index (χ4v) is 4.28. The first kappa shape index (κ1) is 14.4. The molecular formula is C16H25N3S. The van der Waals surface area contributed by atoms with E-state index in [2.05, 4.69) is 53.5 Å². The molecule has 2 aliphatic heterocycles. The molecule has 2 aliphatic rings. The minimum absolute atomic E-state index is 0.519. The van der Waals surface area contributed by atoms with Crippen molar-refractivity contribution in [3.8, 4) is 0 Å². The molecule has 2 unspecified atom stereocenters. The molecule has 3 rings (SSSR count). The number of fused-ring (bicyclic) bond motifs is 1. The molecule has 1 aromatic carbocycles. The van der Waals surface area contributed by atoms with Gasteiger partial charge in [-0.25, -0.2) is 0 Å². The maximum Gasteiger partial charge on any atom is 0.0415 e. The van der Waals surface area contributed by atoms with Gasteiger partial charge in [0.1, 0.15) is 0 Å². The van der Waals surface area contributed by atoms with E-state index in [1.807, 2.05) is 11.8 Å².